The summed E-state index contributed by atoms with van der Waals surface area (Å²) >= 11 is 9.15. The van der Waals surface area contributed by atoms with Crippen LogP contribution in [0.15, 0.2) is 39.7 Å². The molecule has 10 heteroatoms. The lowest BCUT2D eigenvalue weighted by molar-refractivity contribution is 0.0601. The molecule has 0 unspecified atom stereocenters. The molecule has 2 aromatic rings. The second kappa shape index (κ2) is 8.15. The Balaban J connectivity index is 2.45. The lowest BCUT2D eigenvalue weighted by atomic mass is 10.2. The highest BCUT2D eigenvalue weighted by molar-refractivity contribution is 9.10. The predicted octanol–water partition coefficient (Wildman–Crippen LogP) is 3.71. The van der Waals surface area contributed by atoms with Crippen LogP contribution < -0.4 is 14.2 Å². The van der Waals surface area contributed by atoms with Gasteiger partial charge in [-0.15, -0.1) is 0 Å². The van der Waals surface area contributed by atoms with E-state index in [9.17, 15) is 13.2 Å². The SMILES string of the molecule is COC(=O)c1cc(NS(=O)(=O)c2cc(OC)c(OC)cc2Br)ccc1Cl. The van der Waals surface area contributed by atoms with Crippen molar-refractivity contribution in [2.75, 3.05) is 26.1 Å². The van der Waals surface area contributed by atoms with Gasteiger partial charge in [0.1, 0.15) is 4.90 Å². The fourth-order valence-electron chi connectivity index (χ4n) is 2.11. The zero-order valence-corrected chi connectivity index (χ0v) is 17.2. The molecule has 0 saturated carbocycles. The maximum absolute atomic E-state index is 12.7. The van der Waals surface area contributed by atoms with E-state index in [2.05, 4.69) is 25.4 Å². The number of carbonyl (C=O) groups excluding carboxylic acids is 1. The van der Waals surface area contributed by atoms with Crippen LogP contribution in [0.5, 0.6) is 11.5 Å². The van der Waals surface area contributed by atoms with Crippen molar-refractivity contribution < 1.29 is 27.4 Å². The third-order valence-corrected chi connectivity index (χ3v) is 6.02. The first-order valence-corrected chi connectivity index (χ1v) is 9.71. The van der Waals surface area contributed by atoms with E-state index in [1.54, 1.807) is 0 Å². The van der Waals surface area contributed by atoms with Crippen LogP contribution in [0.1, 0.15) is 10.4 Å². The van der Waals surface area contributed by atoms with E-state index in [-0.39, 0.29) is 31.4 Å². The number of ether oxygens (including phenoxy) is 3. The number of hydrogen-bond donors (Lipinski definition) is 1. The van der Waals surface area contributed by atoms with Gasteiger partial charge in [0.05, 0.1) is 31.9 Å². The summed E-state index contributed by atoms with van der Waals surface area (Å²) in [7, 11) is 0.0568. The molecule has 0 aliphatic heterocycles. The Labute approximate surface area is 164 Å². The van der Waals surface area contributed by atoms with Crippen molar-refractivity contribution in [3.63, 3.8) is 0 Å². The van der Waals surface area contributed by atoms with Gasteiger partial charge in [0, 0.05) is 16.2 Å². The van der Waals surface area contributed by atoms with Crippen LogP contribution in [-0.2, 0) is 14.8 Å². The Hall–Kier alpha value is -1.97. The number of hydrogen-bond acceptors (Lipinski definition) is 6. The van der Waals surface area contributed by atoms with Crippen LogP contribution >= 0.6 is 27.5 Å². The number of benzene rings is 2. The highest BCUT2D eigenvalue weighted by Gasteiger charge is 2.22. The summed E-state index contributed by atoms with van der Waals surface area (Å²) in [5.41, 5.74) is 0.192. The number of sulfonamides is 1. The average Bonchev–Trinajstić information content (AvgIpc) is 2.61. The van der Waals surface area contributed by atoms with Crippen LogP contribution in [0.2, 0.25) is 5.02 Å². The fraction of sp³-hybridized carbons (Fsp3) is 0.188. The Kier molecular flexibility index (Phi) is 6.38. The standard InChI is InChI=1S/C16H15BrClNO6S/c1-23-13-7-11(17)15(8-14(13)24-2)26(21,22)19-9-4-5-12(18)10(6-9)16(20)25-3/h4-8,19H,1-3H3. The van der Waals surface area contributed by atoms with E-state index < -0.39 is 16.0 Å². The highest BCUT2D eigenvalue weighted by atomic mass is 79.9. The van der Waals surface area contributed by atoms with Crippen molar-refractivity contribution in [2.45, 2.75) is 4.90 Å². The predicted molar refractivity (Wildman–Crippen MR) is 101 cm³/mol. The molecule has 0 bridgehead atoms. The molecule has 140 valence electrons. The second-order valence-electron chi connectivity index (χ2n) is 4.93. The second-order valence-corrected chi connectivity index (χ2v) is 7.84. The van der Waals surface area contributed by atoms with Gasteiger partial charge < -0.3 is 14.2 Å². The summed E-state index contributed by atoms with van der Waals surface area (Å²) in [6, 6.07) is 6.92. The average molecular weight is 465 g/mol. The Bertz CT molecular complexity index is 948. The van der Waals surface area contributed by atoms with Crippen molar-refractivity contribution >= 4 is 49.2 Å². The number of anilines is 1. The summed E-state index contributed by atoms with van der Waals surface area (Å²) < 4.78 is 43.0. The third-order valence-electron chi connectivity index (χ3n) is 3.35. The minimum atomic E-state index is -3.99. The van der Waals surface area contributed by atoms with Crippen molar-refractivity contribution in [1.82, 2.24) is 0 Å². The van der Waals surface area contributed by atoms with E-state index in [0.717, 1.165) is 0 Å². The highest BCUT2D eigenvalue weighted by Crippen LogP contribution is 2.36. The van der Waals surface area contributed by atoms with E-state index in [1.165, 1.54) is 51.7 Å². The molecule has 2 rings (SSSR count). The van der Waals surface area contributed by atoms with E-state index >= 15 is 0 Å². The quantitative estimate of drug-likeness (QED) is 0.656. The van der Waals surface area contributed by atoms with Gasteiger partial charge in [0.15, 0.2) is 11.5 Å². The summed E-state index contributed by atoms with van der Waals surface area (Å²) in [6.45, 7) is 0. The normalized spacial score (nSPS) is 11.0. The minimum Gasteiger partial charge on any atom is -0.493 e. The molecule has 0 atom stereocenters. The molecular weight excluding hydrogens is 450 g/mol. The van der Waals surface area contributed by atoms with E-state index in [0.29, 0.717) is 5.75 Å². The molecule has 26 heavy (non-hydrogen) atoms. The molecular formula is C16H15BrClNO6S. The van der Waals surface area contributed by atoms with Crippen molar-refractivity contribution in [1.29, 1.82) is 0 Å². The molecule has 0 aromatic heterocycles. The Morgan fingerprint density at radius 1 is 1.08 bits per heavy atom. The van der Waals surface area contributed by atoms with Crippen molar-refractivity contribution in [3.8, 4) is 11.5 Å². The number of carbonyl (C=O) groups is 1. The fourth-order valence-corrected chi connectivity index (χ4v) is 4.39. The van der Waals surface area contributed by atoms with Crippen molar-refractivity contribution in [3.05, 3.63) is 45.4 Å². The smallest absolute Gasteiger partial charge is 0.339 e. The lowest BCUT2D eigenvalue weighted by Crippen LogP contribution is -2.14. The topological polar surface area (TPSA) is 90.9 Å². The minimum absolute atomic E-state index is 0.0424. The first kappa shape index (κ1) is 20.3. The molecule has 1 N–H and O–H groups in total. The van der Waals surface area contributed by atoms with Crippen LogP contribution in [-0.4, -0.2) is 35.7 Å². The number of methoxy groups -OCH3 is 3. The molecule has 0 amide bonds. The number of halogens is 2. The summed E-state index contributed by atoms with van der Waals surface area (Å²) in [6.07, 6.45) is 0. The number of nitrogens with one attached hydrogen (secondary N) is 1. The van der Waals surface area contributed by atoms with Crippen LogP contribution in [0.4, 0.5) is 5.69 Å². The summed E-state index contributed by atoms with van der Waals surface area (Å²) in [5, 5.41) is 0.145. The Morgan fingerprint density at radius 2 is 1.69 bits per heavy atom. The molecule has 0 spiro atoms. The summed E-state index contributed by atoms with van der Waals surface area (Å²) in [5.74, 6) is -0.0522. The van der Waals surface area contributed by atoms with E-state index in [4.69, 9.17) is 21.1 Å². The van der Waals surface area contributed by atoms with Crippen LogP contribution in [0.3, 0.4) is 0 Å². The maximum atomic E-state index is 12.7. The van der Waals surface area contributed by atoms with Gasteiger partial charge in [0.25, 0.3) is 10.0 Å². The molecule has 0 saturated heterocycles. The van der Waals surface area contributed by atoms with Crippen molar-refractivity contribution in [2.24, 2.45) is 0 Å². The van der Waals surface area contributed by atoms with Gasteiger partial charge in [-0.05, 0) is 40.2 Å². The molecule has 7 nitrogen and oxygen atoms in total. The first-order valence-electron chi connectivity index (χ1n) is 7.05. The molecule has 2 aromatic carbocycles. The van der Waals surface area contributed by atoms with Gasteiger partial charge in [-0.25, -0.2) is 13.2 Å². The molecule has 0 radical (unpaired) electrons. The molecule has 0 aliphatic rings. The zero-order chi connectivity index (χ0) is 19.5. The van der Waals surface area contributed by atoms with Gasteiger partial charge in [-0.3, -0.25) is 4.72 Å². The number of rotatable bonds is 6. The first-order chi connectivity index (χ1) is 12.2. The van der Waals surface area contributed by atoms with Gasteiger partial charge in [0.2, 0.25) is 0 Å². The van der Waals surface area contributed by atoms with Crippen LogP contribution in [0, 0.1) is 0 Å². The third kappa shape index (κ3) is 4.22. The Morgan fingerprint density at radius 3 is 2.27 bits per heavy atom. The molecule has 0 fully saturated rings. The largest absolute Gasteiger partial charge is 0.493 e. The van der Waals surface area contributed by atoms with Crippen LogP contribution in [0.25, 0.3) is 0 Å². The lowest BCUT2D eigenvalue weighted by Gasteiger charge is -2.14. The van der Waals surface area contributed by atoms with Gasteiger partial charge >= 0.3 is 5.97 Å². The monoisotopic (exact) mass is 463 g/mol. The maximum Gasteiger partial charge on any atom is 0.339 e. The van der Waals surface area contributed by atoms with E-state index in [1.807, 2.05) is 0 Å². The summed E-state index contributed by atoms with van der Waals surface area (Å²) in [4.78, 5) is 11.6. The van der Waals surface area contributed by atoms with Gasteiger partial charge in [-0.1, -0.05) is 11.6 Å². The molecule has 0 aliphatic carbocycles. The van der Waals surface area contributed by atoms with Gasteiger partial charge in [-0.2, -0.15) is 0 Å². The molecule has 0 heterocycles. The number of esters is 1. The zero-order valence-electron chi connectivity index (χ0n) is 14.0.